The largest absolute Gasteiger partial charge is 0.502 e. The highest BCUT2D eigenvalue weighted by Crippen LogP contribution is 2.48. The number of esters is 1. The Balaban J connectivity index is 1.86. The molecule has 0 aromatic heterocycles. The number of phenolic OH excluding ortho intramolecular Hbond substituents is 1. The van der Waals surface area contributed by atoms with E-state index in [1.54, 1.807) is 12.1 Å². The molecule has 1 saturated heterocycles. The number of amides is 1. The lowest BCUT2D eigenvalue weighted by Crippen LogP contribution is -2.38. The van der Waals surface area contributed by atoms with Crippen LogP contribution in [0.1, 0.15) is 22.6 Å². The Morgan fingerprint density at radius 2 is 1.79 bits per heavy atom. The summed E-state index contributed by atoms with van der Waals surface area (Å²) < 4.78 is 27.3. The maximum atomic E-state index is 13.1. The zero-order valence-corrected chi connectivity index (χ0v) is 19.3. The van der Waals surface area contributed by atoms with Crippen molar-refractivity contribution in [3.8, 4) is 28.7 Å². The first-order valence-corrected chi connectivity index (χ1v) is 10.9. The molecule has 2 aliphatic heterocycles. The number of carbonyl (C=O) groups excluding carboxylic acids is 2. The second-order valence-corrected chi connectivity index (χ2v) is 8.24. The van der Waals surface area contributed by atoms with Crippen LogP contribution in [0.15, 0.2) is 24.3 Å². The van der Waals surface area contributed by atoms with Gasteiger partial charge in [0.1, 0.15) is 0 Å². The quantitative estimate of drug-likeness (QED) is 0.487. The molecule has 2 aromatic rings. The maximum Gasteiger partial charge on any atom is 0.310 e. The molecule has 0 radical (unpaired) electrons. The predicted octanol–water partition coefficient (Wildman–Crippen LogP) is 1.44. The standard InChI is InChI=1S/C24H28N2O8/c1-12-4-16-17(34-11-33-16)7-15(12)21(13-5-18(30-2)23(28)19(6-13)31-3)22-14(10-32-24(22)29)9-26-20(27)8-25/h4-7,14,21-22,28H,8-11,25H2,1-3H3,(H,26,27)/t14?,21-,22+/m1/s1. The van der Waals surface area contributed by atoms with Gasteiger partial charge in [0.2, 0.25) is 18.4 Å². The van der Waals surface area contributed by atoms with Crippen LogP contribution in [-0.2, 0) is 14.3 Å². The van der Waals surface area contributed by atoms with Gasteiger partial charge in [-0.1, -0.05) is 0 Å². The van der Waals surface area contributed by atoms with Crippen molar-refractivity contribution in [1.82, 2.24) is 5.32 Å². The number of fused-ring (bicyclic) bond motifs is 1. The van der Waals surface area contributed by atoms with Crippen LogP contribution < -0.4 is 30.0 Å². The third-order valence-corrected chi connectivity index (χ3v) is 6.28. The van der Waals surface area contributed by atoms with Crippen molar-refractivity contribution in [2.45, 2.75) is 12.8 Å². The van der Waals surface area contributed by atoms with E-state index >= 15 is 0 Å². The first-order chi connectivity index (χ1) is 16.4. The number of nitrogens with two attached hydrogens (primary N) is 1. The molecule has 0 aliphatic carbocycles. The molecule has 34 heavy (non-hydrogen) atoms. The van der Waals surface area contributed by atoms with E-state index in [9.17, 15) is 14.7 Å². The van der Waals surface area contributed by atoms with E-state index in [0.29, 0.717) is 17.1 Å². The zero-order valence-electron chi connectivity index (χ0n) is 19.3. The van der Waals surface area contributed by atoms with E-state index in [1.807, 2.05) is 19.1 Å². The van der Waals surface area contributed by atoms with Gasteiger partial charge in [-0.3, -0.25) is 9.59 Å². The van der Waals surface area contributed by atoms with Crippen molar-refractivity contribution in [2.75, 3.05) is 40.7 Å². The summed E-state index contributed by atoms with van der Waals surface area (Å²) in [7, 11) is 2.88. The van der Waals surface area contributed by atoms with Crippen molar-refractivity contribution in [1.29, 1.82) is 0 Å². The molecule has 10 nitrogen and oxygen atoms in total. The number of hydrogen-bond acceptors (Lipinski definition) is 9. The van der Waals surface area contributed by atoms with Crippen LogP contribution in [0.5, 0.6) is 28.7 Å². The van der Waals surface area contributed by atoms with Gasteiger partial charge >= 0.3 is 5.97 Å². The first kappa shape index (κ1) is 23.5. The lowest BCUT2D eigenvalue weighted by atomic mass is 9.74. The number of phenols is 1. The van der Waals surface area contributed by atoms with Crippen LogP contribution in [0.3, 0.4) is 0 Å². The topological polar surface area (TPSA) is 139 Å². The summed E-state index contributed by atoms with van der Waals surface area (Å²) in [5.74, 6) is -0.719. The average Bonchev–Trinajstić information content (AvgIpc) is 3.44. The summed E-state index contributed by atoms with van der Waals surface area (Å²) in [6.07, 6.45) is 0. The van der Waals surface area contributed by atoms with Gasteiger partial charge in [0.05, 0.1) is 33.3 Å². The Kier molecular flexibility index (Phi) is 6.69. The number of nitrogens with one attached hydrogen (secondary N) is 1. The second kappa shape index (κ2) is 9.68. The van der Waals surface area contributed by atoms with Crippen LogP contribution in [-0.4, -0.2) is 57.7 Å². The Morgan fingerprint density at radius 3 is 2.41 bits per heavy atom. The smallest absolute Gasteiger partial charge is 0.310 e. The third-order valence-electron chi connectivity index (χ3n) is 6.28. The Hall–Kier alpha value is -3.66. The fourth-order valence-corrected chi connectivity index (χ4v) is 4.56. The van der Waals surface area contributed by atoms with E-state index in [-0.39, 0.29) is 61.5 Å². The molecule has 2 aromatic carbocycles. The molecule has 4 rings (SSSR count). The van der Waals surface area contributed by atoms with Crippen molar-refractivity contribution in [2.24, 2.45) is 17.6 Å². The van der Waals surface area contributed by atoms with Gasteiger partial charge < -0.3 is 39.8 Å². The monoisotopic (exact) mass is 472 g/mol. The Labute approximate surface area is 196 Å². The number of aryl methyl sites for hydroxylation is 1. The van der Waals surface area contributed by atoms with E-state index in [2.05, 4.69) is 5.32 Å². The Bertz CT molecular complexity index is 1080. The summed E-state index contributed by atoms with van der Waals surface area (Å²) in [6.45, 7) is 2.26. The van der Waals surface area contributed by atoms with E-state index in [4.69, 9.17) is 29.4 Å². The van der Waals surface area contributed by atoms with Gasteiger partial charge in [-0.15, -0.1) is 0 Å². The molecule has 0 saturated carbocycles. The van der Waals surface area contributed by atoms with Crippen LogP contribution in [0.2, 0.25) is 0 Å². The number of hydrogen-bond donors (Lipinski definition) is 3. The van der Waals surface area contributed by atoms with Crippen molar-refractivity contribution >= 4 is 11.9 Å². The number of methoxy groups -OCH3 is 2. The molecule has 2 heterocycles. The molecule has 0 bridgehead atoms. The lowest BCUT2D eigenvalue weighted by molar-refractivity contribution is -0.141. The second-order valence-electron chi connectivity index (χ2n) is 8.24. The average molecular weight is 472 g/mol. The fraction of sp³-hybridized carbons (Fsp3) is 0.417. The molecule has 1 fully saturated rings. The van der Waals surface area contributed by atoms with E-state index in [1.165, 1.54) is 14.2 Å². The van der Waals surface area contributed by atoms with Crippen LogP contribution in [0.4, 0.5) is 0 Å². The highest BCUT2D eigenvalue weighted by Gasteiger charge is 2.45. The normalized spacial score (nSPS) is 19.5. The maximum absolute atomic E-state index is 13.1. The molecule has 0 spiro atoms. The summed E-state index contributed by atoms with van der Waals surface area (Å²) in [5, 5.41) is 13.2. The fourth-order valence-electron chi connectivity index (χ4n) is 4.56. The number of cyclic esters (lactones) is 1. The summed E-state index contributed by atoms with van der Waals surface area (Å²) in [5.41, 5.74) is 7.79. The Morgan fingerprint density at radius 1 is 1.15 bits per heavy atom. The van der Waals surface area contributed by atoms with E-state index < -0.39 is 11.8 Å². The number of rotatable bonds is 8. The van der Waals surface area contributed by atoms with Crippen LogP contribution >= 0.6 is 0 Å². The van der Waals surface area contributed by atoms with Crippen molar-refractivity contribution in [3.05, 3.63) is 41.0 Å². The molecular formula is C24H28N2O8. The van der Waals surface area contributed by atoms with Gasteiger partial charge in [0, 0.05) is 18.4 Å². The van der Waals surface area contributed by atoms with Gasteiger partial charge in [-0.2, -0.15) is 0 Å². The molecular weight excluding hydrogens is 444 g/mol. The number of aromatic hydroxyl groups is 1. The first-order valence-electron chi connectivity index (χ1n) is 10.9. The molecule has 2 aliphatic rings. The summed E-state index contributed by atoms with van der Waals surface area (Å²) in [6, 6.07) is 7.07. The lowest BCUT2D eigenvalue weighted by Gasteiger charge is -2.28. The van der Waals surface area contributed by atoms with Gasteiger partial charge in [-0.05, 0) is 47.9 Å². The number of ether oxygens (including phenoxy) is 5. The minimum absolute atomic E-state index is 0.114. The minimum Gasteiger partial charge on any atom is -0.502 e. The molecule has 1 amide bonds. The van der Waals surface area contributed by atoms with Crippen LogP contribution in [0, 0.1) is 18.8 Å². The number of benzene rings is 2. The molecule has 10 heteroatoms. The number of carbonyl (C=O) groups is 2. The van der Waals surface area contributed by atoms with Crippen molar-refractivity contribution < 1.29 is 38.4 Å². The molecule has 182 valence electrons. The van der Waals surface area contributed by atoms with Gasteiger partial charge in [0.25, 0.3) is 0 Å². The molecule has 1 unspecified atom stereocenters. The predicted molar refractivity (Wildman–Crippen MR) is 120 cm³/mol. The highest BCUT2D eigenvalue weighted by molar-refractivity contribution is 5.79. The van der Waals surface area contributed by atoms with E-state index in [0.717, 1.165) is 11.1 Å². The third kappa shape index (κ3) is 4.28. The van der Waals surface area contributed by atoms with Crippen molar-refractivity contribution in [3.63, 3.8) is 0 Å². The SMILES string of the molecule is COc1cc([C@H](c2cc3c(cc2C)OCO3)[C@H]2C(=O)OCC2CNC(=O)CN)cc(OC)c1O. The van der Waals surface area contributed by atoms with Gasteiger partial charge in [0.15, 0.2) is 23.0 Å². The highest BCUT2D eigenvalue weighted by atomic mass is 16.7. The van der Waals surface area contributed by atoms with Crippen LogP contribution in [0.25, 0.3) is 0 Å². The van der Waals surface area contributed by atoms with Gasteiger partial charge in [-0.25, -0.2) is 0 Å². The summed E-state index contributed by atoms with van der Waals surface area (Å²) in [4.78, 5) is 24.9. The molecule has 3 atom stereocenters. The molecule has 4 N–H and O–H groups in total. The summed E-state index contributed by atoms with van der Waals surface area (Å²) >= 11 is 0. The minimum atomic E-state index is -0.642. The zero-order chi connectivity index (χ0) is 24.4.